The van der Waals surface area contributed by atoms with Crippen molar-refractivity contribution in [3.05, 3.63) is 30.1 Å². The first kappa shape index (κ1) is 19.9. The number of rotatable bonds is 5. The Balaban J connectivity index is 0.00000361. The molecule has 11 heteroatoms. The highest BCUT2D eigenvalue weighted by molar-refractivity contribution is 7.94. The summed E-state index contributed by atoms with van der Waals surface area (Å²) in [6, 6.07) is 4.55. The summed E-state index contributed by atoms with van der Waals surface area (Å²) in [4.78, 5) is 18.0. The molecule has 0 fully saturated rings. The molecule has 0 aliphatic heterocycles. The van der Waals surface area contributed by atoms with Crippen LogP contribution in [0.25, 0.3) is 0 Å². The van der Waals surface area contributed by atoms with E-state index in [-0.39, 0.29) is 29.7 Å². The first-order valence-electron chi connectivity index (χ1n) is 5.25. The highest BCUT2D eigenvalue weighted by atomic mass is 127. The molecule has 4 N–H and O–H groups in total. The van der Waals surface area contributed by atoms with Crippen molar-refractivity contribution in [2.24, 2.45) is 0 Å². The van der Waals surface area contributed by atoms with Crippen molar-refractivity contribution < 1.29 is 61.0 Å². The Morgan fingerprint density at radius 1 is 1.35 bits per heavy atom. The molecule has 1 rings (SSSR count). The van der Waals surface area contributed by atoms with Crippen LogP contribution in [-0.4, -0.2) is 32.5 Å². The third-order valence-corrected chi connectivity index (χ3v) is 6.10. The molecule has 116 valence electrons. The van der Waals surface area contributed by atoms with Gasteiger partial charge in [0.2, 0.25) is 0 Å². The molecule has 20 heavy (non-hydrogen) atoms. The highest BCUT2D eigenvalue weighted by Gasteiger charge is 2.58. The second-order valence-corrected chi connectivity index (χ2v) is 7.67. The number of aryl methyl sites for hydroxylation is 1. The monoisotopic (exact) mass is 439 g/mol. The zero-order valence-electron chi connectivity index (χ0n) is 10.4. The van der Waals surface area contributed by atoms with E-state index in [9.17, 15) is 18.1 Å². The number of pyridine rings is 1. The Kier molecular flexibility index (Phi) is 6.74. The van der Waals surface area contributed by atoms with Crippen LogP contribution in [0.15, 0.2) is 24.4 Å². The molecule has 0 radical (unpaired) electrons. The van der Waals surface area contributed by atoms with Gasteiger partial charge in [-0.05, 0) is 6.92 Å². The van der Waals surface area contributed by atoms with Gasteiger partial charge in [-0.1, -0.05) is 6.07 Å². The average molecular weight is 439 g/mol. The zero-order valence-corrected chi connectivity index (χ0v) is 14.3. The third-order valence-electron chi connectivity index (χ3n) is 2.66. The minimum Gasteiger partial charge on any atom is -1.00 e. The van der Waals surface area contributed by atoms with Crippen LogP contribution in [0, 0.1) is 0 Å². The predicted molar refractivity (Wildman–Crippen MR) is 64.6 cm³/mol. The van der Waals surface area contributed by atoms with Gasteiger partial charge in [-0.25, -0.2) is 4.57 Å². The van der Waals surface area contributed by atoms with Gasteiger partial charge >= 0.3 is 22.4 Å². The fourth-order valence-corrected chi connectivity index (χ4v) is 3.46. The van der Waals surface area contributed by atoms with Crippen molar-refractivity contribution in [2.75, 3.05) is 0 Å². The molecule has 1 heterocycles. The molecule has 1 atom stereocenters. The van der Waals surface area contributed by atoms with Crippen LogP contribution >= 0.6 is 7.60 Å². The Morgan fingerprint density at radius 3 is 2.30 bits per heavy atom. The van der Waals surface area contributed by atoms with Gasteiger partial charge < -0.3 is 38.9 Å². The van der Waals surface area contributed by atoms with Gasteiger partial charge in [-0.2, -0.15) is 8.42 Å². The molecule has 0 aromatic carbocycles. The van der Waals surface area contributed by atoms with Crippen molar-refractivity contribution in [3.8, 4) is 0 Å². The minimum absolute atomic E-state index is 0. The number of hydrogen-bond donors (Lipinski definition) is 4. The Hall–Kier alpha value is -0.100. The lowest BCUT2D eigenvalue weighted by Crippen LogP contribution is -3.00. The zero-order chi connectivity index (χ0) is 14.9. The first-order chi connectivity index (χ1) is 8.53. The Labute approximate surface area is 133 Å². The van der Waals surface area contributed by atoms with Crippen LogP contribution in [0.2, 0.25) is 0 Å². The average Bonchev–Trinajstić information content (AvgIpc) is 2.26. The van der Waals surface area contributed by atoms with E-state index in [0.717, 1.165) is 0 Å². The van der Waals surface area contributed by atoms with Gasteiger partial charge in [0, 0.05) is 12.1 Å². The lowest BCUT2D eigenvalue weighted by atomic mass is 10.2. The van der Waals surface area contributed by atoms with Crippen molar-refractivity contribution in [1.29, 1.82) is 0 Å². The molecule has 0 saturated carbocycles. The topological polar surface area (TPSA) is 136 Å². The minimum atomic E-state index is -5.50. The van der Waals surface area contributed by atoms with Crippen LogP contribution in [0.5, 0.6) is 0 Å². The van der Waals surface area contributed by atoms with Gasteiger partial charge in [0.1, 0.15) is 6.54 Å². The van der Waals surface area contributed by atoms with E-state index in [0.29, 0.717) is 6.54 Å². The van der Waals surface area contributed by atoms with Crippen LogP contribution < -0.4 is 28.5 Å². The second-order valence-electron chi connectivity index (χ2n) is 3.92. The largest absolute Gasteiger partial charge is 1.00 e. The smallest absolute Gasteiger partial charge is 0.375 e. The molecule has 1 aromatic heterocycles. The summed E-state index contributed by atoms with van der Waals surface area (Å²) in [6.07, 6.45) is 0.629. The van der Waals surface area contributed by atoms with Crippen molar-refractivity contribution in [2.45, 2.75) is 24.6 Å². The summed E-state index contributed by atoms with van der Waals surface area (Å²) in [7, 11) is -10.9. The summed E-state index contributed by atoms with van der Waals surface area (Å²) in [5, 5.41) is 9.74. The summed E-state index contributed by atoms with van der Waals surface area (Å²) in [5.41, 5.74) is 0.161. The Bertz CT molecular complexity index is 616. The maximum atomic E-state index is 11.2. The molecule has 0 amide bonds. The van der Waals surface area contributed by atoms with E-state index in [1.807, 2.05) is 0 Å². The van der Waals surface area contributed by atoms with Crippen LogP contribution in [0.4, 0.5) is 0 Å². The number of aromatic nitrogens is 1. The summed E-state index contributed by atoms with van der Waals surface area (Å²) in [6.45, 7) is 2.13. The van der Waals surface area contributed by atoms with E-state index in [1.165, 1.54) is 16.7 Å². The van der Waals surface area contributed by atoms with Crippen LogP contribution in [0.1, 0.15) is 12.6 Å². The van der Waals surface area contributed by atoms with Crippen molar-refractivity contribution in [1.82, 2.24) is 0 Å². The van der Waals surface area contributed by atoms with E-state index in [4.69, 9.17) is 14.3 Å². The van der Waals surface area contributed by atoms with E-state index in [2.05, 4.69) is 0 Å². The molecule has 1 unspecified atom stereocenters. The van der Waals surface area contributed by atoms with Gasteiger partial charge in [-0.3, -0.25) is 9.12 Å². The fourth-order valence-electron chi connectivity index (χ4n) is 1.56. The second kappa shape index (κ2) is 6.77. The molecule has 0 aliphatic carbocycles. The van der Waals surface area contributed by atoms with E-state index >= 15 is 0 Å². The van der Waals surface area contributed by atoms with E-state index < -0.39 is 28.8 Å². The highest BCUT2D eigenvalue weighted by Crippen LogP contribution is 2.53. The lowest BCUT2D eigenvalue weighted by molar-refractivity contribution is -0.701. The normalized spacial score (nSPS) is 15.2. The molecule has 1 aromatic rings. The number of halogens is 1. The molecule has 8 nitrogen and oxygen atoms in total. The molecule has 0 saturated heterocycles. The van der Waals surface area contributed by atoms with Crippen LogP contribution in [-0.2, 0) is 27.6 Å². The van der Waals surface area contributed by atoms with Gasteiger partial charge in [0.25, 0.3) is 0 Å². The molecule has 0 spiro atoms. The van der Waals surface area contributed by atoms with Gasteiger partial charge in [0.05, 0.1) is 6.42 Å². The number of nitrogens with zero attached hydrogens (tertiary/aromatic N) is 1. The number of aliphatic hydroxyl groups is 1. The van der Waals surface area contributed by atoms with Crippen molar-refractivity contribution >= 4 is 17.7 Å². The molecular weight excluding hydrogens is 424 g/mol. The summed E-state index contributed by atoms with van der Waals surface area (Å²) < 4.78 is 40.3. The van der Waals surface area contributed by atoms with Crippen molar-refractivity contribution in [3.63, 3.8) is 0 Å². The SMILES string of the molecule is CC[n+]1ccccc1CC(O)(P(=O)(O)O)S(=O)(=O)O.[I-]. The summed E-state index contributed by atoms with van der Waals surface area (Å²) >= 11 is 0. The summed E-state index contributed by atoms with van der Waals surface area (Å²) in [5.74, 6) is 0. The number of hydrogen-bond acceptors (Lipinski definition) is 4. The quantitative estimate of drug-likeness (QED) is 0.160. The molecule has 0 aliphatic rings. The third kappa shape index (κ3) is 3.97. The fraction of sp³-hybridized carbons (Fsp3) is 0.444. The van der Waals surface area contributed by atoms with Gasteiger partial charge in [0.15, 0.2) is 11.9 Å². The first-order valence-corrected chi connectivity index (χ1v) is 8.30. The van der Waals surface area contributed by atoms with Crippen LogP contribution in [0.3, 0.4) is 0 Å². The van der Waals surface area contributed by atoms with Gasteiger partial charge in [-0.15, -0.1) is 0 Å². The predicted octanol–water partition coefficient (Wildman–Crippen LogP) is -3.75. The maximum Gasteiger partial charge on any atom is 0.375 e. The molecule has 0 bridgehead atoms. The Morgan fingerprint density at radius 2 is 1.90 bits per heavy atom. The standard InChI is InChI=1S/C9H14NO7PS.HI/c1-2-10-6-4-3-5-8(10)7-9(11,18(12,13)14)19(15,16)17;/h3-6,11H,2,7H2,1H3,(H2-,12,13,14,15,16,17);1H. The molecular formula is C9H15INO7PS. The lowest BCUT2D eigenvalue weighted by Gasteiger charge is -2.24. The maximum absolute atomic E-state index is 11.2. The van der Waals surface area contributed by atoms with E-state index in [1.54, 1.807) is 19.2 Å².